The first-order valence-electron chi connectivity index (χ1n) is 22.4. The molecule has 3 heterocycles. The number of nitro benzene ring substituents is 1. The summed E-state index contributed by atoms with van der Waals surface area (Å²) in [7, 11) is -5.42. The highest BCUT2D eigenvalue weighted by Crippen LogP contribution is 2.52. The van der Waals surface area contributed by atoms with Crippen molar-refractivity contribution in [3.63, 3.8) is 0 Å². The Labute approximate surface area is 402 Å². The van der Waals surface area contributed by atoms with Crippen LogP contribution in [0.5, 0.6) is 0 Å². The summed E-state index contributed by atoms with van der Waals surface area (Å²) in [5.41, 5.74) is 23.6. The van der Waals surface area contributed by atoms with E-state index in [-0.39, 0.29) is 51.7 Å². The molecule has 70 heavy (non-hydrogen) atoms. The second-order valence-corrected chi connectivity index (χ2v) is 17.7. The fourth-order valence-corrected chi connectivity index (χ4v) is 9.29. The van der Waals surface area contributed by atoms with Crippen LogP contribution in [0.3, 0.4) is 0 Å². The summed E-state index contributed by atoms with van der Waals surface area (Å²) in [5, 5.41) is 19.1. The summed E-state index contributed by atoms with van der Waals surface area (Å²) in [4.78, 5) is 28.7. The maximum Gasteiger partial charge on any atom is 0.474 e. The normalized spacial score (nSPS) is 27.2. The highest BCUT2D eigenvalue weighted by Gasteiger charge is 2.55. The van der Waals surface area contributed by atoms with Gasteiger partial charge in [-0.05, 0) is 39.7 Å². The van der Waals surface area contributed by atoms with Gasteiger partial charge in [-0.15, -0.1) is 0 Å². The van der Waals surface area contributed by atoms with Gasteiger partial charge in [0.2, 0.25) is 0 Å². The molecule has 3 saturated heterocycles. The molecule has 3 aliphatic rings. The maximum absolute atomic E-state index is 14.7. The Balaban J connectivity index is 1.08. The summed E-state index contributed by atoms with van der Waals surface area (Å²) in [6.45, 7) is -0.00359. The smallest absolute Gasteiger partial charge is 0.374 e. The van der Waals surface area contributed by atoms with Gasteiger partial charge in [-0.1, -0.05) is 144 Å². The number of rotatable bonds is 22. The fraction of sp³-hybridized carbons (Fsp3) is 0.375. The second-order valence-electron chi connectivity index (χ2n) is 16.4. The minimum atomic E-state index is -5.42. The SMILES string of the molecule is [N-]=[N+]=N[C@H]1[C@@H](OP(=O)(O)O[C@@H]2[C@@H](N=[N+]=[N-])[C@H](OCCc3ccc([N+](=O)[O-])cc3)O[C@@H]3CO[C@H](c4ccccc4)O[C@H]23)O[C@H](COCc2ccccc2)[C@H](OCc2ccccc2)[C@@H]1OCc1ccccc1. The van der Waals surface area contributed by atoms with Crippen LogP contribution in [0.2, 0.25) is 0 Å². The molecule has 12 atom stereocenters. The number of phosphoric acid groups is 1. The number of ether oxygens (including phenoxy) is 8. The molecule has 5 aromatic rings. The Kier molecular flexibility index (Phi) is 17.7. The third kappa shape index (κ3) is 13.4. The van der Waals surface area contributed by atoms with Gasteiger partial charge >= 0.3 is 7.82 Å². The lowest BCUT2D eigenvalue weighted by Gasteiger charge is -2.48. The minimum Gasteiger partial charge on any atom is -0.374 e. The molecule has 0 radical (unpaired) electrons. The van der Waals surface area contributed by atoms with Crippen LogP contribution < -0.4 is 0 Å². The van der Waals surface area contributed by atoms with Crippen LogP contribution in [0.4, 0.5) is 5.69 Å². The molecular formula is C48H50N7O14P. The van der Waals surface area contributed by atoms with E-state index in [9.17, 15) is 30.6 Å². The van der Waals surface area contributed by atoms with E-state index in [0.717, 1.165) is 16.7 Å². The van der Waals surface area contributed by atoms with Crippen molar-refractivity contribution in [1.29, 1.82) is 0 Å². The first-order valence-corrected chi connectivity index (χ1v) is 23.9. The highest BCUT2D eigenvalue weighted by atomic mass is 31.2. The van der Waals surface area contributed by atoms with E-state index in [2.05, 4.69) is 20.1 Å². The molecule has 0 spiro atoms. The van der Waals surface area contributed by atoms with E-state index in [1.54, 1.807) is 36.4 Å². The molecule has 366 valence electrons. The number of hydrogen-bond donors (Lipinski definition) is 1. The van der Waals surface area contributed by atoms with E-state index < -0.39 is 80.3 Å². The lowest BCUT2D eigenvalue weighted by molar-refractivity contribution is -0.384. The van der Waals surface area contributed by atoms with Gasteiger partial charge in [0, 0.05) is 27.5 Å². The van der Waals surface area contributed by atoms with Crippen molar-refractivity contribution in [3.05, 3.63) is 204 Å². The van der Waals surface area contributed by atoms with Crippen molar-refractivity contribution in [2.45, 2.75) is 93.8 Å². The molecule has 22 heteroatoms. The molecule has 0 aliphatic carbocycles. The molecule has 1 unspecified atom stereocenters. The van der Waals surface area contributed by atoms with Crippen LogP contribution in [0, 0.1) is 10.1 Å². The lowest BCUT2D eigenvalue weighted by Crippen LogP contribution is -2.62. The lowest BCUT2D eigenvalue weighted by atomic mass is 9.96. The topological polar surface area (TPSA) is 270 Å². The van der Waals surface area contributed by atoms with Gasteiger partial charge in [-0.25, -0.2) is 4.57 Å². The van der Waals surface area contributed by atoms with Gasteiger partial charge in [-0.3, -0.25) is 19.2 Å². The van der Waals surface area contributed by atoms with Gasteiger partial charge in [0.25, 0.3) is 5.69 Å². The van der Waals surface area contributed by atoms with E-state index >= 15 is 0 Å². The number of azide groups is 2. The van der Waals surface area contributed by atoms with Gasteiger partial charge in [-0.2, -0.15) is 0 Å². The average Bonchev–Trinajstić information content (AvgIpc) is 3.38. The van der Waals surface area contributed by atoms with Crippen LogP contribution in [0.1, 0.15) is 34.1 Å². The van der Waals surface area contributed by atoms with Crippen molar-refractivity contribution in [2.75, 3.05) is 19.8 Å². The van der Waals surface area contributed by atoms with Gasteiger partial charge in [0.05, 0.1) is 44.6 Å². The van der Waals surface area contributed by atoms with Crippen LogP contribution in [-0.2, 0) is 77.7 Å². The predicted molar refractivity (Wildman–Crippen MR) is 248 cm³/mol. The van der Waals surface area contributed by atoms with E-state index in [1.807, 2.05) is 97.1 Å². The van der Waals surface area contributed by atoms with Crippen molar-refractivity contribution in [3.8, 4) is 0 Å². The van der Waals surface area contributed by atoms with Crippen LogP contribution in [-0.4, -0.2) is 90.9 Å². The summed E-state index contributed by atoms with van der Waals surface area (Å²) < 4.78 is 77.1. The van der Waals surface area contributed by atoms with Gasteiger partial charge in [0.15, 0.2) is 18.9 Å². The number of fused-ring (bicyclic) bond motifs is 1. The van der Waals surface area contributed by atoms with Crippen LogP contribution in [0.15, 0.2) is 156 Å². The largest absolute Gasteiger partial charge is 0.474 e. The Morgan fingerprint density at radius 3 is 1.80 bits per heavy atom. The zero-order chi connectivity index (χ0) is 48.7. The number of non-ortho nitro benzene ring substituents is 1. The van der Waals surface area contributed by atoms with E-state index in [4.69, 9.17) is 46.9 Å². The molecule has 21 nitrogen and oxygen atoms in total. The fourth-order valence-electron chi connectivity index (χ4n) is 8.25. The molecular weight excluding hydrogens is 930 g/mol. The summed E-state index contributed by atoms with van der Waals surface area (Å²) >= 11 is 0. The molecule has 0 amide bonds. The van der Waals surface area contributed by atoms with E-state index in [1.165, 1.54) is 12.1 Å². The molecule has 0 aromatic heterocycles. The summed E-state index contributed by atoms with van der Waals surface area (Å²) in [5.74, 6) is 0. The quantitative estimate of drug-likeness (QED) is 0.0169. The van der Waals surface area contributed by atoms with Crippen molar-refractivity contribution in [2.24, 2.45) is 10.2 Å². The number of benzene rings is 5. The number of nitrogens with zero attached hydrogens (tertiary/aromatic N) is 7. The molecule has 1 N–H and O–H groups in total. The highest BCUT2D eigenvalue weighted by molar-refractivity contribution is 7.47. The molecule has 8 rings (SSSR count). The zero-order valence-corrected chi connectivity index (χ0v) is 38.4. The Hall–Kier alpha value is -6.09. The molecule has 0 bridgehead atoms. The van der Waals surface area contributed by atoms with Crippen molar-refractivity contribution >= 4 is 13.5 Å². The second kappa shape index (κ2) is 24.6. The zero-order valence-electron chi connectivity index (χ0n) is 37.5. The Bertz CT molecular complexity index is 2580. The van der Waals surface area contributed by atoms with Crippen molar-refractivity contribution < 1.29 is 61.3 Å². The Morgan fingerprint density at radius 1 is 0.657 bits per heavy atom. The third-order valence-corrected chi connectivity index (χ3v) is 12.6. The summed E-state index contributed by atoms with van der Waals surface area (Å²) in [6.07, 6.45) is -10.9. The summed E-state index contributed by atoms with van der Waals surface area (Å²) in [6, 6.07) is 39.8. The van der Waals surface area contributed by atoms with Crippen molar-refractivity contribution in [1.82, 2.24) is 0 Å². The molecule has 5 aromatic carbocycles. The first-order chi connectivity index (χ1) is 34.2. The number of nitro groups is 1. The standard InChI is InChI=1S/C48H50N7O14P/c49-53-51-40-44(63-29-35-17-9-3-10-18-35)42(62-28-34-15-7-2-8-16-34)38(30-60-27-33-13-5-1-6-14-33)66-48(40)69-70(58,59)68-45-41(52-54-50)47(61-26-25-32-21-23-37(24-22-32)55(56)57)65-39-31-64-46(67-43(39)45)36-19-11-4-12-20-36/h1-24,38-48H,25-31H2,(H,58,59)/t38-,39-,40-,41-,42+,43+,44-,45-,46+,47-,48-/m1/s1. The predicted octanol–water partition coefficient (Wildman–Crippen LogP) is 8.97. The maximum atomic E-state index is 14.7. The van der Waals surface area contributed by atoms with E-state index in [0.29, 0.717) is 11.1 Å². The molecule has 3 aliphatic heterocycles. The average molecular weight is 980 g/mol. The van der Waals surface area contributed by atoms with Gasteiger partial charge < -0.3 is 42.8 Å². The first kappa shape index (κ1) is 50.3. The monoisotopic (exact) mass is 979 g/mol. The molecule has 3 fully saturated rings. The number of phosphoric ester groups is 1. The van der Waals surface area contributed by atoms with Crippen LogP contribution >= 0.6 is 7.82 Å². The Morgan fingerprint density at radius 2 is 1.21 bits per heavy atom. The third-order valence-electron chi connectivity index (χ3n) is 11.6. The number of hydrogen-bond acceptors (Lipinski definition) is 15. The van der Waals surface area contributed by atoms with Gasteiger partial charge in [0.1, 0.15) is 48.7 Å². The minimum absolute atomic E-state index is 0.0122. The molecule has 0 saturated carbocycles. The van der Waals surface area contributed by atoms with Crippen LogP contribution in [0.25, 0.3) is 20.9 Å².